The fraction of sp³-hybridized carbons (Fsp3) is 0.0526. The Morgan fingerprint density at radius 2 is 1.20 bits per heavy atom. The first kappa shape index (κ1) is 18.2. The molecule has 1 atom stereocenters. The van der Waals surface area contributed by atoms with E-state index in [1.807, 2.05) is 0 Å². The van der Waals surface area contributed by atoms with Crippen molar-refractivity contribution in [1.82, 2.24) is 0 Å². The van der Waals surface area contributed by atoms with E-state index in [4.69, 9.17) is 8.23 Å². The van der Waals surface area contributed by atoms with Gasteiger partial charge in [0, 0.05) is 0 Å². The molecule has 0 saturated heterocycles. The first-order valence-electron chi connectivity index (χ1n) is 8.65. The molecule has 25 heavy (non-hydrogen) atoms. The summed E-state index contributed by atoms with van der Waals surface area (Å²) in [5.74, 6) is 0. The summed E-state index contributed by atoms with van der Waals surface area (Å²) in [7, 11) is -2.65. The molecule has 0 N–H and O–H groups in total. The Balaban J connectivity index is 1.72. The quantitative estimate of drug-likeness (QED) is 0.496. The third-order valence-corrected chi connectivity index (χ3v) is 19.1. The van der Waals surface area contributed by atoms with Crippen molar-refractivity contribution in [2.45, 2.75) is 6.04 Å². The van der Waals surface area contributed by atoms with Gasteiger partial charge in [-0.2, -0.15) is 0 Å². The van der Waals surface area contributed by atoms with Gasteiger partial charge in [-0.3, -0.25) is 0 Å². The summed E-state index contributed by atoms with van der Waals surface area (Å²) < 4.78 is 12.7. The summed E-state index contributed by atoms with van der Waals surface area (Å²) in [6.07, 6.45) is 0. The first-order valence-corrected chi connectivity index (χ1v) is 16.2. The summed E-state index contributed by atoms with van der Waals surface area (Å²) in [5, 5.41) is 2.73. The van der Waals surface area contributed by atoms with Gasteiger partial charge in [0.15, 0.2) is 17.8 Å². The van der Waals surface area contributed by atoms with Gasteiger partial charge in [-0.15, -0.1) is 0 Å². The number of benzene rings is 3. The molecule has 3 rings (SSSR count). The molecule has 2 nitrogen and oxygen atoms in total. The lowest BCUT2D eigenvalue weighted by molar-refractivity contribution is 0.611. The van der Waals surface area contributed by atoms with Crippen LogP contribution in [0.2, 0.25) is 0 Å². The molecule has 0 aliphatic rings. The summed E-state index contributed by atoms with van der Waals surface area (Å²) >= 11 is 0. The van der Waals surface area contributed by atoms with Crippen LogP contribution < -0.4 is 10.4 Å². The van der Waals surface area contributed by atoms with Crippen molar-refractivity contribution < 1.29 is 8.23 Å². The van der Waals surface area contributed by atoms with E-state index < -0.39 is 26.9 Å². The zero-order valence-corrected chi connectivity index (χ0v) is 20.3. The monoisotopic (exact) mass is 396 g/mol. The second-order valence-corrected chi connectivity index (χ2v) is 17.1. The second kappa shape index (κ2) is 9.81. The van der Waals surface area contributed by atoms with Crippen molar-refractivity contribution in [2.24, 2.45) is 0 Å². The zero-order valence-electron chi connectivity index (χ0n) is 14.5. The predicted octanol–water partition coefficient (Wildman–Crippen LogP) is -0.0756. The summed E-state index contributed by atoms with van der Waals surface area (Å²) in [4.78, 5) is 0. The van der Waals surface area contributed by atoms with Crippen LogP contribution in [-0.4, -0.2) is 37.4 Å². The molecule has 0 aliphatic carbocycles. The molecule has 0 radical (unpaired) electrons. The molecule has 3 aromatic carbocycles. The van der Waals surface area contributed by atoms with Crippen LogP contribution in [0.3, 0.4) is 0 Å². The molecular weight excluding hydrogens is 373 g/mol. The topological polar surface area (TPSA) is 18.5 Å². The van der Waals surface area contributed by atoms with Gasteiger partial charge < -0.3 is 8.23 Å². The molecule has 0 spiro atoms. The van der Waals surface area contributed by atoms with E-state index in [0.717, 1.165) is 16.5 Å². The Morgan fingerprint density at radius 1 is 0.720 bits per heavy atom. The lowest BCUT2D eigenvalue weighted by atomic mass is 10.2. The maximum absolute atomic E-state index is 6.68. The maximum Gasteiger partial charge on any atom is 0.228 e. The lowest BCUT2D eigenvalue weighted by Crippen LogP contribution is -2.48. The smallest absolute Gasteiger partial charge is 0.228 e. The maximum atomic E-state index is 6.68. The highest BCUT2D eigenvalue weighted by atomic mass is 29.2. The Hall–Kier alpha value is -1.55. The molecule has 0 aliphatic heterocycles. The van der Waals surface area contributed by atoms with E-state index in [-0.39, 0.29) is 0 Å². The molecule has 128 valence electrons. The van der Waals surface area contributed by atoms with Gasteiger partial charge in [0.1, 0.15) is 10.5 Å². The van der Waals surface area contributed by atoms with Crippen molar-refractivity contribution in [1.29, 1.82) is 0 Å². The van der Waals surface area contributed by atoms with E-state index in [0.29, 0.717) is 0 Å². The number of hydrogen-bond donors (Lipinski definition) is 0. The van der Waals surface area contributed by atoms with Crippen LogP contribution in [-0.2, 0) is 14.3 Å². The molecule has 0 saturated carbocycles. The Labute approximate surface area is 158 Å². The van der Waals surface area contributed by atoms with Crippen LogP contribution in [0.15, 0.2) is 91.0 Å². The predicted molar refractivity (Wildman–Crippen MR) is 117 cm³/mol. The number of hydrogen-bond acceptors (Lipinski definition) is 2. The zero-order chi connectivity index (χ0) is 17.3. The SMILES string of the molecule is [SiH3]O[SiH](Cc1ccccc1)[SiH2]O[SiH](c1ccccc1)c1ccccc1. The Morgan fingerprint density at radius 3 is 1.68 bits per heavy atom. The second-order valence-electron chi connectivity index (χ2n) is 6.08. The van der Waals surface area contributed by atoms with Gasteiger partial charge in [0.05, 0.1) is 0 Å². The minimum Gasteiger partial charge on any atom is -0.466 e. The third-order valence-electron chi connectivity index (χ3n) is 4.29. The van der Waals surface area contributed by atoms with E-state index >= 15 is 0 Å². The summed E-state index contributed by atoms with van der Waals surface area (Å²) in [6.45, 7) is 0. The van der Waals surface area contributed by atoms with Crippen LogP contribution in [0.25, 0.3) is 0 Å². The molecule has 1 unspecified atom stereocenters. The molecule has 0 bridgehead atoms. The summed E-state index contributed by atoms with van der Waals surface area (Å²) in [5.41, 5.74) is 1.39. The fourth-order valence-corrected chi connectivity index (χ4v) is 16.0. The van der Waals surface area contributed by atoms with Crippen molar-refractivity contribution in [3.63, 3.8) is 0 Å². The van der Waals surface area contributed by atoms with Crippen molar-refractivity contribution in [3.05, 3.63) is 96.6 Å². The van der Waals surface area contributed by atoms with Crippen molar-refractivity contribution in [3.8, 4) is 0 Å². The largest absolute Gasteiger partial charge is 0.466 e. The molecule has 0 heterocycles. The Kier molecular flexibility index (Phi) is 7.16. The third kappa shape index (κ3) is 5.46. The van der Waals surface area contributed by atoms with Crippen molar-refractivity contribution >= 4 is 47.7 Å². The fourth-order valence-electron chi connectivity index (χ4n) is 2.93. The normalized spacial score (nSPS) is 12.8. The highest BCUT2D eigenvalue weighted by Crippen LogP contribution is 2.03. The summed E-state index contributed by atoms with van der Waals surface area (Å²) in [6, 6.07) is 33.3. The molecule has 0 aromatic heterocycles. The lowest BCUT2D eigenvalue weighted by Gasteiger charge is -2.21. The highest BCUT2D eigenvalue weighted by Gasteiger charge is 2.20. The average molecular weight is 397 g/mol. The Bertz CT molecular complexity index is 702. The van der Waals surface area contributed by atoms with Gasteiger partial charge >= 0.3 is 0 Å². The van der Waals surface area contributed by atoms with Gasteiger partial charge in [-0.05, 0) is 22.0 Å². The van der Waals surface area contributed by atoms with Crippen LogP contribution in [0.4, 0.5) is 0 Å². The van der Waals surface area contributed by atoms with Gasteiger partial charge in [0.25, 0.3) is 0 Å². The molecule has 0 amide bonds. The van der Waals surface area contributed by atoms with Crippen LogP contribution >= 0.6 is 0 Å². The van der Waals surface area contributed by atoms with Gasteiger partial charge in [-0.25, -0.2) is 0 Å². The van der Waals surface area contributed by atoms with E-state index in [1.165, 1.54) is 15.9 Å². The molecule has 0 fully saturated rings. The highest BCUT2D eigenvalue weighted by molar-refractivity contribution is 7.09. The van der Waals surface area contributed by atoms with Crippen LogP contribution in [0.5, 0.6) is 0 Å². The minimum absolute atomic E-state index is 0.640. The molecule has 6 heteroatoms. The standard InChI is InChI=1S/C19H24O2Si4/c22-20-24(16-17-10-4-1-5-11-17)23-21-25(18-12-6-2-7-13-18)19-14-8-3-9-15-19/h1-15,24-25H,16,23H2,22H3. The van der Waals surface area contributed by atoms with E-state index in [2.05, 4.69) is 91.0 Å². The first-order chi connectivity index (χ1) is 12.4. The van der Waals surface area contributed by atoms with Crippen LogP contribution in [0.1, 0.15) is 5.56 Å². The molecule has 3 aromatic rings. The van der Waals surface area contributed by atoms with Gasteiger partial charge in [0.2, 0.25) is 9.04 Å². The van der Waals surface area contributed by atoms with E-state index in [1.54, 1.807) is 0 Å². The van der Waals surface area contributed by atoms with Crippen molar-refractivity contribution in [2.75, 3.05) is 0 Å². The van der Waals surface area contributed by atoms with Gasteiger partial charge in [-0.1, -0.05) is 91.0 Å². The average Bonchev–Trinajstić information content (AvgIpc) is 2.69. The van der Waals surface area contributed by atoms with Crippen LogP contribution in [0, 0.1) is 0 Å². The molecular formula is C19H24O2Si4. The van der Waals surface area contributed by atoms with E-state index in [9.17, 15) is 0 Å². The number of rotatable bonds is 8. The minimum atomic E-state index is -1.60.